The molecule has 0 fully saturated rings. The SMILES string of the molecule is c1ccc(-c2nc(-c3ccc4c5ccccc5n(-c5ccccc5)c4c3)nc(-n3c4ccccc4c4ccc5c6ccccc6n(-c6ccc(-c7ccccc7-c7ccccc7)cc6)c5c43)n2)cc1. The highest BCUT2D eigenvalue weighted by Gasteiger charge is 2.24. The molecular weight excluding hydrogens is 841 g/mol. The highest BCUT2D eigenvalue weighted by Crippen LogP contribution is 2.43. The molecule has 0 atom stereocenters. The summed E-state index contributed by atoms with van der Waals surface area (Å²) in [6.07, 6.45) is 0. The Morgan fingerprint density at radius 1 is 0.246 bits per heavy atom. The summed E-state index contributed by atoms with van der Waals surface area (Å²) in [7, 11) is 0. The van der Waals surface area contributed by atoms with Gasteiger partial charge in [-0.15, -0.1) is 0 Å². The molecule has 322 valence electrons. The number of nitrogens with zero attached hydrogens (tertiary/aromatic N) is 6. The summed E-state index contributed by atoms with van der Waals surface area (Å²) in [5.41, 5.74) is 15.2. The van der Waals surface area contributed by atoms with Crippen molar-refractivity contribution in [1.82, 2.24) is 28.7 Å². The van der Waals surface area contributed by atoms with Crippen molar-refractivity contribution in [3.63, 3.8) is 0 Å². The Morgan fingerprint density at radius 3 is 1.28 bits per heavy atom. The first-order valence-electron chi connectivity index (χ1n) is 23.4. The van der Waals surface area contributed by atoms with Crippen LogP contribution in [0.5, 0.6) is 0 Å². The second kappa shape index (κ2) is 15.6. The van der Waals surface area contributed by atoms with Gasteiger partial charge in [0.15, 0.2) is 11.6 Å². The van der Waals surface area contributed by atoms with E-state index < -0.39 is 0 Å². The van der Waals surface area contributed by atoms with Gasteiger partial charge in [0.05, 0.1) is 33.1 Å². The van der Waals surface area contributed by atoms with Crippen molar-refractivity contribution in [2.24, 2.45) is 0 Å². The average Bonchev–Trinajstić information content (AvgIpc) is 4.07. The minimum atomic E-state index is 0.547. The van der Waals surface area contributed by atoms with Crippen LogP contribution in [0.25, 0.3) is 128 Å². The van der Waals surface area contributed by atoms with Crippen molar-refractivity contribution in [2.75, 3.05) is 0 Å². The largest absolute Gasteiger partial charge is 0.309 e. The summed E-state index contributed by atoms with van der Waals surface area (Å²) in [6, 6.07) is 86.2. The van der Waals surface area contributed by atoms with Crippen LogP contribution in [0.4, 0.5) is 0 Å². The van der Waals surface area contributed by atoms with Crippen LogP contribution in [0.15, 0.2) is 243 Å². The zero-order valence-electron chi connectivity index (χ0n) is 37.3. The Kier molecular flexibility index (Phi) is 8.79. The molecule has 69 heavy (non-hydrogen) atoms. The van der Waals surface area contributed by atoms with Gasteiger partial charge in [-0.05, 0) is 70.8 Å². The third-order valence-corrected chi connectivity index (χ3v) is 13.7. The lowest BCUT2D eigenvalue weighted by molar-refractivity contribution is 0.953. The van der Waals surface area contributed by atoms with E-state index in [0.29, 0.717) is 17.6 Å². The monoisotopic (exact) mass is 880 g/mol. The molecule has 0 saturated heterocycles. The molecule has 6 heteroatoms. The minimum absolute atomic E-state index is 0.547. The van der Waals surface area contributed by atoms with E-state index in [1.54, 1.807) is 0 Å². The molecule has 0 aliphatic rings. The minimum Gasteiger partial charge on any atom is -0.309 e. The van der Waals surface area contributed by atoms with Gasteiger partial charge >= 0.3 is 0 Å². The zero-order valence-corrected chi connectivity index (χ0v) is 37.3. The summed E-state index contributed by atoms with van der Waals surface area (Å²) in [6.45, 7) is 0. The lowest BCUT2D eigenvalue weighted by Crippen LogP contribution is -2.07. The van der Waals surface area contributed by atoms with Gasteiger partial charge in [0, 0.05) is 54.8 Å². The van der Waals surface area contributed by atoms with Crippen LogP contribution in [-0.2, 0) is 0 Å². The molecule has 0 N–H and O–H groups in total. The third-order valence-electron chi connectivity index (χ3n) is 13.7. The molecule has 10 aromatic carbocycles. The Hall–Kier alpha value is -9.39. The quantitative estimate of drug-likeness (QED) is 0.160. The standard InChI is InChI=1S/C63H40N6/c1-4-18-41(19-5-1)47-24-10-11-25-48(47)42-32-35-46(36-33-42)68-56-30-16-13-27-50(56)53-38-39-54-51-28-14-17-31-57(51)69(60(54)59(53)68)63-65-61(43-20-6-2-7-21-43)64-62(66-63)44-34-37-52-49-26-12-15-29-55(49)67(58(52)40-44)45-22-8-3-9-23-45/h1-40H. The van der Waals surface area contributed by atoms with Crippen LogP contribution in [-0.4, -0.2) is 28.7 Å². The number of para-hydroxylation sites is 4. The third kappa shape index (κ3) is 6.16. The fourth-order valence-electron chi connectivity index (χ4n) is 10.6. The van der Waals surface area contributed by atoms with Crippen molar-refractivity contribution < 1.29 is 0 Å². The first kappa shape index (κ1) is 38.8. The van der Waals surface area contributed by atoms with E-state index in [2.05, 4.69) is 238 Å². The van der Waals surface area contributed by atoms with Crippen LogP contribution >= 0.6 is 0 Å². The van der Waals surface area contributed by atoms with Gasteiger partial charge in [-0.25, -0.2) is 4.98 Å². The lowest BCUT2D eigenvalue weighted by Gasteiger charge is -2.14. The van der Waals surface area contributed by atoms with Crippen molar-refractivity contribution >= 4 is 65.4 Å². The Morgan fingerprint density at radius 2 is 0.652 bits per heavy atom. The normalized spacial score (nSPS) is 11.8. The Balaban J connectivity index is 1.03. The van der Waals surface area contributed by atoms with Gasteiger partial charge in [-0.3, -0.25) is 4.57 Å². The lowest BCUT2D eigenvalue weighted by atomic mass is 9.94. The number of hydrogen-bond acceptors (Lipinski definition) is 3. The molecule has 0 unspecified atom stereocenters. The molecule has 14 rings (SSSR count). The summed E-state index contributed by atoms with van der Waals surface area (Å²) in [4.78, 5) is 16.2. The first-order chi connectivity index (χ1) is 34.2. The molecule has 0 radical (unpaired) electrons. The second-order valence-corrected chi connectivity index (χ2v) is 17.6. The number of benzene rings is 10. The van der Waals surface area contributed by atoms with E-state index >= 15 is 0 Å². The van der Waals surface area contributed by atoms with E-state index in [9.17, 15) is 0 Å². The summed E-state index contributed by atoms with van der Waals surface area (Å²) >= 11 is 0. The van der Waals surface area contributed by atoms with Crippen LogP contribution < -0.4 is 0 Å². The number of rotatable bonds is 7. The fourth-order valence-corrected chi connectivity index (χ4v) is 10.6. The molecule has 0 amide bonds. The van der Waals surface area contributed by atoms with Crippen LogP contribution in [0.1, 0.15) is 0 Å². The molecule has 0 aliphatic carbocycles. The highest BCUT2D eigenvalue weighted by molar-refractivity contribution is 6.23. The molecule has 0 bridgehead atoms. The van der Waals surface area contributed by atoms with Crippen molar-refractivity contribution in [3.05, 3.63) is 243 Å². The molecule has 4 heterocycles. The van der Waals surface area contributed by atoms with Gasteiger partial charge in [0.2, 0.25) is 5.95 Å². The molecule has 14 aromatic rings. The molecular formula is C63H40N6. The number of hydrogen-bond donors (Lipinski definition) is 0. The summed E-state index contributed by atoms with van der Waals surface area (Å²) in [5.74, 6) is 1.74. The topological polar surface area (TPSA) is 53.5 Å². The Labute approximate surface area is 397 Å². The van der Waals surface area contributed by atoms with Crippen molar-refractivity contribution in [2.45, 2.75) is 0 Å². The summed E-state index contributed by atoms with van der Waals surface area (Å²) < 4.78 is 7.03. The smallest absolute Gasteiger partial charge is 0.238 e. The van der Waals surface area contributed by atoms with Gasteiger partial charge < -0.3 is 9.13 Å². The van der Waals surface area contributed by atoms with Crippen LogP contribution in [0.3, 0.4) is 0 Å². The molecule has 6 nitrogen and oxygen atoms in total. The van der Waals surface area contributed by atoms with Gasteiger partial charge in [-0.2, -0.15) is 9.97 Å². The molecule has 0 aliphatic heterocycles. The van der Waals surface area contributed by atoms with Crippen molar-refractivity contribution in [1.29, 1.82) is 0 Å². The number of aromatic nitrogens is 6. The molecule has 0 spiro atoms. The Bertz CT molecular complexity index is 4280. The van der Waals surface area contributed by atoms with E-state index in [1.165, 1.54) is 32.8 Å². The predicted octanol–water partition coefficient (Wildman–Crippen LogP) is 15.8. The first-order valence-corrected chi connectivity index (χ1v) is 23.4. The van der Waals surface area contributed by atoms with E-state index in [0.717, 1.165) is 77.3 Å². The van der Waals surface area contributed by atoms with E-state index in [4.69, 9.17) is 15.0 Å². The zero-order chi connectivity index (χ0) is 45.4. The maximum atomic E-state index is 5.50. The van der Waals surface area contributed by atoms with E-state index in [1.807, 2.05) is 18.2 Å². The fraction of sp³-hybridized carbons (Fsp3) is 0. The molecule has 0 saturated carbocycles. The van der Waals surface area contributed by atoms with Crippen LogP contribution in [0, 0.1) is 0 Å². The van der Waals surface area contributed by atoms with Gasteiger partial charge in [0.25, 0.3) is 0 Å². The summed E-state index contributed by atoms with van der Waals surface area (Å²) in [5, 5.41) is 6.93. The van der Waals surface area contributed by atoms with Gasteiger partial charge in [-0.1, -0.05) is 194 Å². The second-order valence-electron chi connectivity index (χ2n) is 17.6. The highest BCUT2D eigenvalue weighted by atomic mass is 15.2. The maximum Gasteiger partial charge on any atom is 0.238 e. The maximum absolute atomic E-state index is 5.50. The van der Waals surface area contributed by atoms with E-state index in [-0.39, 0.29) is 0 Å². The van der Waals surface area contributed by atoms with Crippen LogP contribution in [0.2, 0.25) is 0 Å². The van der Waals surface area contributed by atoms with Crippen molar-refractivity contribution in [3.8, 4) is 62.4 Å². The average molecular weight is 881 g/mol. The number of fused-ring (bicyclic) bond motifs is 10. The van der Waals surface area contributed by atoms with Gasteiger partial charge in [0.1, 0.15) is 0 Å². The predicted molar refractivity (Wildman–Crippen MR) is 285 cm³/mol. The molecule has 4 aromatic heterocycles.